The Labute approximate surface area is 144 Å². The van der Waals surface area contributed by atoms with Crippen molar-refractivity contribution >= 4 is 5.82 Å². The van der Waals surface area contributed by atoms with Gasteiger partial charge in [0, 0.05) is 30.9 Å². The van der Waals surface area contributed by atoms with Gasteiger partial charge in [-0.3, -0.25) is 0 Å². The molecule has 1 aliphatic rings. The Morgan fingerprint density at radius 2 is 1.88 bits per heavy atom. The lowest BCUT2D eigenvalue weighted by Gasteiger charge is -2.31. The Morgan fingerprint density at radius 3 is 2.64 bits per heavy atom. The third-order valence-corrected chi connectivity index (χ3v) is 4.38. The van der Waals surface area contributed by atoms with Gasteiger partial charge in [0.05, 0.1) is 5.56 Å². The molecule has 0 atom stereocenters. The van der Waals surface area contributed by atoms with E-state index in [2.05, 4.69) is 20.0 Å². The van der Waals surface area contributed by atoms with Crippen LogP contribution < -0.4 is 10.6 Å². The van der Waals surface area contributed by atoms with Crippen LogP contribution in [0.4, 0.5) is 10.2 Å². The first-order chi connectivity index (χ1) is 12.2. The molecule has 1 aliphatic heterocycles. The second kappa shape index (κ2) is 6.60. The maximum Gasteiger partial charge on any atom is 0.261 e. The quantitative estimate of drug-likeness (QED) is 0.790. The molecular weight excluding hydrogens is 321 g/mol. The van der Waals surface area contributed by atoms with E-state index in [4.69, 9.17) is 10.3 Å². The Morgan fingerprint density at radius 1 is 1.12 bits per heavy atom. The van der Waals surface area contributed by atoms with Crippen molar-refractivity contribution in [3.8, 4) is 22.8 Å². The summed E-state index contributed by atoms with van der Waals surface area (Å²) < 4.78 is 18.5. The summed E-state index contributed by atoms with van der Waals surface area (Å²) in [5.41, 5.74) is 7.48. The summed E-state index contributed by atoms with van der Waals surface area (Å²) in [4.78, 5) is 11.2. The fourth-order valence-corrected chi connectivity index (χ4v) is 2.98. The number of hydrogen-bond acceptors (Lipinski definition) is 6. The molecule has 3 aromatic rings. The van der Waals surface area contributed by atoms with Crippen LogP contribution in [-0.4, -0.2) is 34.3 Å². The lowest BCUT2D eigenvalue weighted by Crippen LogP contribution is -2.40. The maximum absolute atomic E-state index is 13.1. The summed E-state index contributed by atoms with van der Waals surface area (Å²) in [6, 6.07) is 10.0. The van der Waals surface area contributed by atoms with Gasteiger partial charge in [0.25, 0.3) is 5.89 Å². The molecule has 7 heteroatoms. The van der Waals surface area contributed by atoms with Gasteiger partial charge in [-0.25, -0.2) is 9.37 Å². The van der Waals surface area contributed by atoms with Gasteiger partial charge in [0.2, 0.25) is 5.82 Å². The zero-order valence-electron chi connectivity index (χ0n) is 13.6. The van der Waals surface area contributed by atoms with Crippen LogP contribution in [0, 0.1) is 5.82 Å². The number of aromatic nitrogens is 3. The topological polar surface area (TPSA) is 81.1 Å². The molecule has 3 heterocycles. The van der Waals surface area contributed by atoms with Crippen LogP contribution in [0.15, 0.2) is 47.1 Å². The number of halogens is 1. The standard InChI is InChI=1S/C18H18FN5O/c19-13-5-3-12(4-6-13)16-22-18(25-23-16)15-2-1-9-21-17(15)24-10-7-14(20)8-11-24/h1-6,9,14H,7-8,10-11,20H2. The molecule has 0 unspecified atom stereocenters. The number of nitrogens with zero attached hydrogens (tertiary/aromatic N) is 4. The van der Waals surface area contributed by atoms with Crippen molar-refractivity contribution in [3.05, 3.63) is 48.4 Å². The molecular formula is C18H18FN5O. The van der Waals surface area contributed by atoms with E-state index in [0.29, 0.717) is 17.3 Å². The van der Waals surface area contributed by atoms with E-state index in [-0.39, 0.29) is 11.9 Å². The largest absolute Gasteiger partial charge is 0.356 e. The van der Waals surface area contributed by atoms with Gasteiger partial charge in [0.15, 0.2) is 0 Å². The van der Waals surface area contributed by atoms with E-state index < -0.39 is 0 Å². The SMILES string of the molecule is NC1CCN(c2ncccc2-c2nc(-c3ccc(F)cc3)no2)CC1. The van der Waals surface area contributed by atoms with Crippen LogP contribution in [0.2, 0.25) is 0 Å². The van der Waals surface area contributed by atoms with Crippen LogP contribution in [0.3, 0.4) is 0 Å². The summed E-state index contributed by atoms with van der Waals surface area (Å²) in [6.07, 6.45) is 3.62. The van der Waals surface area contributed by atoms with Gasteiger partial charge in [-0.2, -0.15) is 4.98 Å². The summed E-state index contributed by atoms with van der Waals surface area (Å²) in [5.74, 6) is 1.34. The molecule has 128 valence electrons. The van der Waals surface area contributed by atoms with Crippen molar-refractivity contribution < 1.29 is 8.91 Å². The first-order valence-electron chi connectivity index (χ1n) is 8.26. The van der Waals surface area contributed by atoms with E-state index in [1.165, 1.54) is 12.1 Å². The average Bonchev–Trinajstić information content (AvgIpc) is 3.13. The van der Waals surface area contributed by atoms with Crippen molar-refractivity contribution in [1.29, 1.82) is 0 Å². The number of rotatable bonds is 3. The molecule has 1 aromatic carbocycles. The van der Waals surface area contributed by atoms with E-state index in [0.717, 1.165) is 37.3 Å². The fraction of sp³-hybridized carbons (Fsp3) is 0.278. The number of hydrogen-bond donors (Lipinski definition) is 1. The molecule has 25 heavy (non-hydrogen) atoms. The van der Waals surface area contributed by atoms with Crippen molar-refractivity contribution in [3.63, 3.8) is 0 Å². The smallest absolute Gasteiger partial charge is 0.261 e. The highest BCUT2D eigenvalue weighted by Crippen LogP contribution is 2.30. The Kier molecular flexibility index (Phi) is 4.15. The maximum atomic E-state index is 13.1. The molecule has 1 fully saturated rings. The molecule has 0 spiro atoms. The summed E-state index contributed by atoms with van der Waals surface area (Å²) in [6.45, 7) is 1.70. The predicted molar refractivity (Wildman–Crippen MR) is 92.3 cm³/mol. The molecule has 0 radical (unpaired) electrons. The summed E-state index contributed by atoms with van der Waals surface area (Å²) in [7, 11) is 0. The fourth-order valence-electron chi connectivity index (χ4n) is 2.98. The van der Waals surface area contributed by atoms with Gasteiger partial charge in [-0.05, 0) is 49.2 Å². The zero-order valence-corrected chi connectivity index (χ0v) is 13.6. The number of nitrogens with two attached hydrogens (primary N) is 1. The van der Waals surface area contributed by atoms with Crippen molar-refractivity contribution in [2.75, 3.05) is 18.0 Å². The summed E-state index contributed by atoms with van der Waals surface area (Å²) >= 11 is 0. The Balaban J connectivity index is 1.65. The van der Waals surface area contributed by atoms with E-state index in [1.807, 2.05) is 12.1 Å². The molecule has 0 aliphatic carbocycles. The number of pyridine rings is 1. The predicted octanol–water partition coefficient (Wildman–Crippen LogP) is 2.87. The highest BCUT2D eigenvalue weighted by Gasteiger charge is 2.22. The first kappa shape index (κ1) is 15.7. The number of anilines is 1. The Hall–Kier alpha value is -2.80. The second-order valence-corrected chi connectivity index (χ2v) is 6.13. The molecule has 0 amide bonds. The summed E-state index contributed by atoms with van der Waals surface area (Å²) in [5, 5.41) is 4.02. The minimum atomic E-state index is -0.301. The van der Waals surface area contributed by atoms with Gasteiger partial charge < -0.3 is 15.2 Å². The van der Waals surface area contributed by atoms with Crippen LogP contribution in [-0.2, 0) is 0 Å². The van der Waals surface area contributed by atoms with Crippen LogP contribution in [0.1, 0.15) is 12.8 Å². The molecule has 4 rings (SSSR count). The molecule has 0 saturated carbocycles. The highest BCUT2D eigenvalue weighted by molar-refractivity contribution is 5.71. The third-order valence-electron chi connectivity index (χ3n) is 4.38. The van der Waals surface area contributed by atoms with Crippen molar-refractivity contribution in [1.82, 2.24) is 15.1 Å². The van der Waals surface area contributed by atoms with E-state index >= 15 is 0 Å². The minimum absolute atomic E-state index is 0.247. The van der Waals surface area contributed by atoms with E-state index in [9.17, 15) is 4.39 Å². The lowest BCUT2D eigenvalue weighted by atomic mass is 10.1. The van der Waals surface area contributed by atoms with Crippen LogP contribution >= 0.6 is 0 Å². The molecule has 6 nitrogen and oxygen atoms in total. The first-order valence-corrected chi connectivity index (χ1v) is 8.26. The van der Waals surface area contributed by atoms with Gasteiger partial charge in [-0.1, -0.05) is 5.16 Å². The normalized spacial score (nSPS) is 15.5. The Bertz CT molecular complexity index is 856. The lowest BCUT2D eigenvalue weighted by molar-refractivity contribution is 0.431. The van der Waals surface area contributed by atoms with Gasteiger partial charge >= 0.3 is 0 Å². The van der Waals surface area contributed by atoms with Crippen molar-refractivity contribution in [2.24, 2.45) is 5.73 Å². The number of piperidine rings is 1. The zero-order chi connectivity index (χ0) is 17.2. The molecule has 1 saturated heterocycles. The molecule has 0 bridgehead atoms. The van der Waals surface area contributed by atoms with Gasteiger partial charge in [0.1, 0.15) is 11.6 Å². The van der Waals surface area contributed by atoms with Gasteiger partial charge in [-0.15, -0.1) is 0 Å². The van der Waals surface area contributed by atoms with Crippen LogP contribution in [0.5, 0.6) is 0 Å². The highest BCUT2D eigenvalue weighted by atomic mass is 19.1. The monoisotopic (exact) mass is 339 g/mol. The number of benzene rings is 1. The van der Waals surface area contributed by atoms with Crippen LogP contribution in [0.25, 0.3) is 22.8 Å². The molecule has 2 N–H and O–H groups in total. The average molecular weight is 339 g/mol. The third kappa shape index (κ3) is 3.23. The van der Waals surface area contributed by atoms with E-state index in [1.54, 1.807) is 18.3 Å². The second-order valence-electron chi connectivity index (χ2n) is 6.13. The minimum Gasteiger partial charge on any atom is -0.356 e. The molecule has 2 aromatic heterocycles. The van der Waals surface area contributed by atoms with Crippen molar-refractivity contribution in [2.45, 2.75) is 18.9 Å².